The van der Waals surface area contributed by atoms with Crippen molar-refractivity contribution in [2.45, 2.75) is 97.0 Å². The third kappa shape index (κ3) is 16.3. The smallest absolute Gasteiger partial charge is 0.306 e. The lowest BCUT2D eigenvalue weighted by atomic mass is 10.1. The van der Waals surface area contributed by atoms with Gasteiger partial charge in [-0.05, 0) is 38.0 Å². The second-order valence-corrected chi connectivity index (χ2v) is 7.64. The van der Waals surface area contributed by atoms with Gasteiger partial charge < -0.3 is 4.74 Å². The van der Waals surface area contributed by atoms with E-state index in [-0.39, 0.29) is 11.6 Å². The molecule has 0 rings (SSSR count). The molecule has 0 aliphatic heterocycles. The monoisotopic (exact) mass is 396 g/mol. The van der Waals surface area contributed by atoms with Crippen LogP contribution in [0.15, 0.2) is 0 Å². The highest BCUT2D eigenvalue weighted by Gasteiger charge is 2.15. The van der Waals surface area contributed by atoms with Gasteiger partial charge in [-0.1, -0.05) is 74.0 Å². The number of ether oxygens (including phenoxy) is 1. The second-order valence-electron chi connectivity index (χ2n) is 6.56. The predicted octanol–water partition coefficient (Wildman–Crippen LogP) is 6.05. The summed E-state index contributed by atoms with van der Waals surface area (Å²) in [5.74, 6) is -0.0484. The number of halogens is 1. The van der Waals surface area contributed by atoms with Crippen LogP contribution in [0.1, 0.15) is 91.4 Å². The Morgan fingerprint density at radius 1 is 0.800 bits per heavy atom. The molecule has 0 spiro atoms. The summed E-state index contributed by atoms with van der Waals surface area (Å²) < 4.78 is 6.59. The van der Waals surface area contributed by atoms with Gasteiger partial charge in [0, 0.05) is 6.42 Å². The van der Waals surface area contributed by atoms with Crippen molar-refractivity contribution in [2.24, 2.45) is 0 Å². The molecule has 0 aliphatic carbocycles. The summed E-state index contributed by atoms with van der Waals surface area (Å²) in [6.07, 6.45) is 13.6. The number of carbonyl (C=O) groups excluding carboxylic acids is 1. The van der Waals surface area contributed by atoms with E-state index in [0.29, 0.717) is 6.42 Å². The van der Waals surface area contributed by atoms with Crippen LogP contribution >= 0.6 is 22.6 Å². The molecule has 0 saturated carbocycles. The third-order valence-corrected chi connectivity index (χ3v) is 3.95. The van der Waals surface area contributed by atoms with E-state index in [4.69, 9.17) is 4.74 Å². The SMILES string of the molecule is CC(C)(C)OC(=O)CCCCCCCCCCCCI. The van der Waals surface area contributed by atoms with Crippen LogP contribution in [-0.4, -0.2) is 16.0 Å². The highest BCUT2D eigenvalue weighted by molar-refractivity contribution is 14.1. The molecule has 0 unspecified atom stereocenters. The van der Waals surface area contributed by atoms with Gasteiger partial charge in [0.2, 0.25) is 0 Å². The van der Waals surface area contributed by atoms with E-state index in [9.17, 15) is 4.79 Å². The van der Waals surface area contributed by atoms with E-state index < -0.39 is 0 Å². The van der Waals surface area contributed by atoms with Crippen LogP contribution in [0.4, 0.5) is 0 Å². The van der Waals surface area contributed by atoms with Crippen molar-refractivity contribution in [1.82, 2.24) is 0 Å². The minimum absolute atomic E-state index is 0.0484. The largest absolute Gasteiger partial charge is 0.460 e. The highest BCUT2D eigenvalue weighted by Crippen LogP contribution is 2.13. The van der Waals surface area contributed by atoms with Crippen LogP contribution in [0, 0.1) is 0 Å². The summed E-state index contributed by atoms with van der Waals surface area (Å²) in [7, 11) is 0. The summed E-state index contributed by atoms with van der Waals surface area (Å²) in [5, 5.41) is 0. The number of hydrogen-bond donors (Lipinski definition) is 0. The number of unbranched alkanes of at least 4 members (excludes halogenated alkanes) is 9. The Balaban J connectivity index is 3.19. The van der Waals surface area contributed by atoms with Crippen molar-refractivity contribution in [2.75, 3.05) is 4.43 Å². The third-order valence-electron chi connectivity index (χ3n) is 3.18. The molecule has 0 aromatic heterocycles. The van der Waals surface area contributed by atoms with E-state index >= 15 is 0 Å². The molecule has 0 bridgehead atoms. The number of carbonyl (C=O) groups is 1. The fourth-order valence-corrected chi connectivity index (χ4v) is 2.71. The molecule has 2 nitrogen and oxygen atoms in total. The molecule has 0 radical (unpaired) electrons. The molecule has 0 aromatic carbocycles. The lowest BCUT2D eigenvalue weighted by molar-refractivity contribution is -0.154. The molecular formula is C17H33IO2. The fourth-order valence-electron chi connectivity index (χ4n) is 2.17. The summed E-state index contributed by atoms with van der Waals surface area (Å²) >= 11 is 2.45. The molecule has 3 heteroatoms. The van der Waals surface area contributed by atoms with Crippen molar-refractivity contribution in [3.8, 4) is 0 Å². The maximum atomic E-state index is 11.5. The number of rotatable bonds is 12. The van der Waals surface area contributed by atoms with E-state index in [1.165, 1.54) is 55.8 Å². The van der Waals surface area contributed by atoms with Crippen LogP contribution in [0.25, 0.3) is 0 Å². The Hall–Kier alpha value is 0.200. The molecule has 0 amide bonds. The van der Waals surface area contributed by atoms with Gasteiger partial charge in [0.1, 0.15) is 5.60 Å². The predicted molar refractivity (Wildman–Crippen MR) is 95.5 cm³/mol. The minimum atomic E-state index is -0.339. The Morgan fingerprint density at radius 3 is 1.60 bits per heavy atom. The van der Waals surface area contributed by atoms with Gasteiger partial charge in [-0.25, -0.2) is 0 Å². The quantitative estimate of drug-likeness (QED) is 0.174. The first-order chi connectivity index (χ1) is 9.45. The van der Waals surface area contributed by atoms with E-state index in [1.54, 1.807) is 0 Å². The van der Waals surface area contributed by atoms with Crippen LogP contribution in [0.2, 0.25) is 0 Å². The molecule has 0 saturated heterocycles. The van der Waals surface area contributed by atoms with E-state index in [0.717, 1.165) is 12.8 Å². The molecule has 0 N–H and O–H groups in total. The van der Waals surface area contributed by atoms with Crippen LogP contribution < -0.4 is 0 Å². The Morgan fingerprint density at radius 2 is 1.20 bits per heavy atom. The lowest BCUT2D eigenvalue weighted by Gasteiger charge is -2.19. The van der Waals surface area contributed by atoms with E-state index in [2.05, 4.69) is 22.6 Å². The van der Waals surface area contributed by atoms with E-state index in [1.807, 2.05) is 20.8 Å². The second kappa shape index (κ2) is 12.9. The molecule has 0 fully saturated rings. The molecule has 0 heterocycles. The Kier molecular flexibility index (Phi) is 13.0. The standard InChI is InChI=1S/C17H33IO2/c1-17(2,3)20-16(19)14-12-10-8-6-4-5-7-9-11-13-15-18/h4-15H2,1-3H3. The van der Waals surface area contributed by atoms with Gasteiger partial charge >= 0.3 is 5.97 Å². The van der Waals surface area contributed by atoms with Gasteiger partial charge in [0.25, 0.3) is 0 Å². The topological polar surface area (TPSA) is 26.3 Å². The highest BCUT2D eigenvalue weighted by atomic mass is 127. The van der Waals surface area contributed by atoms with Crippen LogP contribution in [0.5, 0.6) is 0 Å². The van der Waals surface area contributed by atoms with Gasteiger partial charge in [0.05, 0.1) is 0 Å². The summed E-state index contributed by atoms with van der Waals surface area (Å²) in [6.45, 7) is 5.76. The summed E-state index contributed by atoms with van der Waals surface area (Å²) in [4.78, 5) is 11.5. The maximum absolute atomic E-state index is 11.5. The number of alkyl halides is 1. The van der Waals surface area contributed by atoms with Crippen molar-refractivity contribution in [3.63, 3.8) is 0 Å². The molecular weight excluding hydrogens is 363 g/mol. The van der Waals surface area contributed by atoms with Gasteiger partial charge in [-0.2, -0.15) is 0 Å². The van der Waals surface area contributed by atoms with Gasteiger partial charge in [-0.15, -0.1) is 0 Å². The van der Waals surface area contributed by atoms with Crippen LogP contribution in [0.3, 0.4) is 0 Å². The average molecular weight is 396 g/mol. The average Bonchev–Trinajstić information content (AvgIpc) is 2.34. The lowest BCUT2D eigenvalue weighted by Crippen LogP contribution is -2.23. The summed E-state index contributed by atoms with van der Waals surface area (Å²) in [6, 6.07) is 0. The first-order valence-corrected chi connectivity index (χ1v) is 9.76. The zero-order valence-corrected chi connectivity index (χ0v) is 15.8. The first kappa shape index (κ1) is 20.2. The van der Waals surface area contributed by atoms with Crippen molar-refractivity contribution in [3.05, 3.63) is 0 Å². The Bertz CT molecular complexity index is 234. The zero-order valence-electron chi connectivity index (χ0n) is 13.7. The minimum Gasteiger partial charge on any atom is -0.460 e. The van der Waals surface area contributed by atoms with Crippen molar-refractivity contribution >= 4 is 28.6 Å². The number of hydrogen-bond acceptors (Lipinski definition) is 2. The molecule has 0 aromatic rings. The fraction of sp³-hybridized carbons (Fsp3) is 0.941. The van der Waals surface area contributed by atoms with Crippen molar-refractivity contribution in [1.29, 1.82) is 0 Å². The first-order valence-electron chi connectivity index (χ1n) is 8.23. The molecule has 0 atom stereocenters. The summed E-state index contributed by atoms with van der Waals surface area (Å²) in [5.41, 5.74) is -0.339. The maximum Gasteiger partial charge on any atom is 0.306 e. The van der Waals surface area contributed by atoms with Gasteiger partial charge in [-0.3, -0.25) is 4.79 Å². The molecule has 120 valence electrons. The Labute approximate surface area is 139 Å². The normalized spacial score (nSPS) is 11.6. The molecule has 20 heavy (non-hydrogen) atoms. The number of esters is 1. The van der Waals surface area contributed by atoms with Crippen molar-refractivity contribution < 1.29 is 9.53 Å². The molecule has 0 aliphatic rings. The zero-order chi connectivity index (χ0) is 15.3. The van der Waals surface area contributed by atoms with Crippen LogP contribution in [-0.2, 0) is 9.53 Å². The van der Waals surface area contributed by atoms with Gasteiger partial charge in [0.15, 0.2) is 0 Å².